The van der Waals surface area contributed by atoms with E-state index in [1.54, 1.807) is 0 Å². The molecule has 0 aromatic rings. The lowest BCUT2D eigenvalue weighted by Gasteiger charge is -2.39. The van der Waals surface area contributed by atoms with Crippen LogP contribution in [0.1, 0.15) is 12.8 Å². The molecule has 11 heavy (non-hydrogen) atoms. The molecule has 2 rings (SSSR count). The number of nitrogens with one attached hydrogen (secondary N) is 1. The smallest absolute Gasteiger partial charge is 0.253 e. The quantitative estimate of drug-likeness (QED) is 0.649. The predicted molar refractivity (Wildman–Crippen MR) is 35.7 cm³/mol. The van der Waals surface area contributed by atoms with Gasteiger partial charge >= 0.3 is 0 Å². The first-order chi connectivity index (χ1) is 5.16. The highest BCUT2D eigenvalue weighted by atomic mass is 19.3. The van der Waals surface area contributed by atoms with Gasteiger partial charge in [0.2, 0.25) is 0 Å². The molecule has 1 saturated carbocycles. The summed E-state index contributed by atoms with van der Waals surface area (Å²) in [4.78, 5) is 0. The van der Waals surface area contributed by atoms with Crippen LogP contribution in [0.15, 0.2) is 0 Å². The van der Waals surface area contributed by atoms with E-state index < -0.39 is 5.92 Å². The molecule has 2 fully saturated rings. The molecule has 64 valence electrons. The Bertz CT molecular complexity index is 151. The van der Waals surface area contributed by atoms with Crippen molar-refractivity contribution in [3.63, 3.8) is 0 Å². The number of alkyl halides is 2. The molecule has 1 aliphatic carbocycles. The first kappa shape index (κ1) is 7.43. The molecule has 4 heteroatoms. The van der Waals surface area contributed by atoms with Crippen LogP contribution in [0.3, 0.4) is 0 Å². The molecule has 1 aliphatic heterocycles. The van der Waals surface area contributed by atoms with Gasteiger partial charge in [-0.05, 0) is 0 Å². The van der Waals surface area contributed by atoms with Gasteiger partial charge in [-0.25, -0.2) is 8.78 Å². The van der Waals surface area contributed by atoms with Crippen molar-refractivity contribution < 1.29 is 13.5 Å². The SMILES string of the molecule is FC1(F)CC(OC2CNC2)C1. The Hall–Kier alpha value is -0.220. The zero-order chi connectivity index (χ0) is 7.90. The van der Waals surface area contributed by atoms with Crippen LogP contribution < -0.4 is 5.32 Å². The lowest BCUT2D eigenvalue weighted by Crippen LogP contribution is -2.53. The average Bonchev–Trinajstić information content (AvgIpc) is 1.73. The Kier molecular flexibility index (Phi) is 1.61. The first-order valence-corrected chi connectivity index (χ1v) is 3.90. The van der Waals surface area contributed by atoms with E-state index in [0.29, 0.717) is 0 Å². The maximum Gasteiger partial charge on any atom is 0.253 e. The van der Waals surface area contributed by atoms with Gasteiger partial charge in [0.15, 0.2) is 0 Å². The van der Waals surface area contributed by atoms with Gasteiger partial charge < -0.3 is 10.1 Å². The summed E-state index contributed by atoms with van der Waals surface area (Å²) in [6.07, 6.45) is -0.152. The lowest BCUT2D eigenvalue weighted by atomic mass is 9.90. The molecule has 0 aromatic heterocycles. The van der Waals surface area contributed by atoms with Crippen molar-refractivity contribution in [3.8, 4) is 0 Å². The van der Waals surface area contributed by atoms with Crippen molar-refractivity contribution in [1.82, 2.24) is 5.32 Å². The summed E-state index contributed by atoms with van der Waals surface area (Å²) in [6.45, 7) is 1.64. The summed E-state index contributed by atoms with van der Waals surface area (Å²) in [7, 11) is 0. The molecule has 2 aliphatic rings. The van der Waals surface area contributed by atoms with Crippen LogP contribution in [0, 0.1) is 0 Å². The van der Waals surface area contributed by atoms with E-state index in [1.165, 1.54) is 0 Å². The van der Waals surface area contributed by atoms with Crippen LogP contribution in [0.4, 0.5) is 8.78 Å². The largest absolute Gasteiger partial charge is 0.372 e. The fraction of sp³-hybridized carbons (Fsp3) is 1.00. The van der Waals surface area contributed by atoms with Gasteiger partial charge in [-0.1, -0.05) is 0 Å². The standard InChI is InChI=1S/C7H11F2NO/c8-7(9)1-5(2-7)11-6-3-10-4-6/h5-6,10H,1-4H2. The van der Waals surface area contributed by atoms with Gasteiger partial charge in [-0.2, -0.15) is 0 Å². The molecule has 1 heterocycles. The number of halogens is 2. The van der Waals surface area contributed by atoms with Crippen molar-refractivity contribution in [2.75, 3.05) is 13.1 Å². The van der Waals surface area contributed by atoms with Gasteiger partial charge in [0.05, 0.1) is 12.2 Å². The highest BCUT2D eigenvalue weighted by molar-refractivity contribution is 4.89. The van der Waals surface area contributed by atoms with Crippen molar-refractivity contribution in [1.29, 1.82) is 0 Å². The van der Waals surface area contributed by atoms with Crippen molar-refractivity contribution in [2.45, 2.75) is 31.0 Å². The zero-order valence-corrected chi connectivity index (χ0v) is 6.15. The zero-order valence-electron chi connectivity index (χ0n) is 6.15. The number of hydrogen-bond acceptors (Lipinski definition) is 2. The van der Waals surface area contributed by atoms with E-state index in [9.17, 15) is 8.78 Å². The molecule has 1 saturated heterocycles. The normalized spacial score (nSPS) is 31.1. The van der Waals surface area contributed by atoms with E-state index in [0.717, 1.165) is 13.1 Å². The molecule has 0 atom stereocenters. The Balaban J connectivity index is 1.67. The molecule has 0 aromatic carbocycles. The van der Waals surface area contributed by atoms with Crippen LogP contribution in [0.5, 0.6) is 0 Å². The lowest BCUT2D eigenvalue weighted by molar-refractivity contribution is -0.187. The molecule has 0 amide bonds. The monoisotopic (exact) mass is 163 g/mol. The topological polar surface area (TPSA) is 21.3 Å². The summed E-state index contributed by atoms with van der Waals surface area (Å²) in [6, 6.07) is 0. The fourth-order valence-electron chi connectivity index (χ4n) is 1.33. The minimum Gasteiger partial charge on any atom is -0.372 e. The first-order valence-electron chi connectivity index (χ1n) is 3.90. The van der Waals surface area contributed by atoms with Crippen LogP contribution in [-0.2, 0) is 4.74 Å². The molecule has 2 nitrogen and oxygen atoms in total. The van der Waals surface area contributed by atoms with E-state index in [-0.39, 0.29) is 25.0 Å². The Morgan fingerprint density at radius 2 is 1.82 bits per heavy atom. The summed E-state index contributed by atoms with van der Waals surface area (Å²) in [5.41, 5.74) is 0. The highest BCUT2D eigenvalue weighted by Crippen LogP contribution is 2.39. The van der Waals surface area contributed by atoms with E-state index in [4.69, 9.17) is 4.74 Å². The van der Waals surface area contributed by atoms with Crippen LogP contribution >= 0.6 is 0 Å². The second-order valence-corrected chi connectivity index (χ2v) is 3.30. The Labute approximate surface area is 63.9 Å². The van der Waals surface area contributed by atoms with Crippen LogP contribution in [0.2, 0.25) is 0 Å². The molecule has 0 unspecified atom stereocenters. The minimum absolute atomic E-state index is 0.0799. The van der Waals surface area contributed by atoms with Crippen LogP contribution in [-0.4, -0.2) is 31.2 Å². The number of ether oxygens (including phenoxy) is 1. The Morgan fingerprint density at radius 1 is 1.18 bits per heavy atom. The second kappa shape index (κ2) is 2.38. The third-order valence-electron chi connectivity index (χ3n) is 2.18. The molecule has 1 N–H and O–H groups in total. The maximum absolute atomic E-state index is 12.3. The summed E-state index contributed by atoms with van der Waals surface area (Å²) >= 11 is 0. The Morgan fingerprint density at radius 3 is 2.18 bits per heavy atom. The molecular formula is C7H11F2NO. The van der Waals surface area contributed by atoms with E-state index in [1.807, 2.05) is 0 Å². The predicted octanol–water partition coefficient (Wildman–Crippen LogP) is 0.772. The van der Waals surface area contributed by atoms with E-state index >= 15 is 0 Å². The molecule has 0 spiro atoms. The number of hydrogen-bond donors (Lipinski definition) is 1. The maximum atomic E-state index is 12.3. The summed E-state index contributed by atoms with van der Waals surface area (Å²) in [5, 5.41) is 3.02. The highest BCUT2D eigenvalue weighted by Gasteiger charge is 2.47. The second-order valence-electron chi connectivity index (χ2n) is 3.30. The molecule has 0 radical (unpaired) electrons. The van der Waals surface area contributed by atoms with Crippen molar-refractivity contribution >= 4 is 0 Å². The van der Waals surface area contributed by atoms with Gasteiger partial charge in [-0.3, -0.25) is 0 Å². The van der Waals surface area contributed by atoms with Crippen LogP contribution in [0.25, 0.3) is 0 Å². The minimum atomic E-state index is -2.44. The van der Waals surface area contributed by atoms with E-state index in [2.05, 4.69) is 5.32 Å². The molecule has 0 bridgehead atoms. The van der Waals surface area contributed by atoms with Gasteiger partial charge in [0.25, 0.3) is 5.92 Å². The fourth-order valence-corrected chi connectivity index (χ4v) is 1.33. The van der Waals surface area contributed by atoms with Gasteiger partial charge in [0.1, 0.15) is 0 Å². The van der Waals surface area contributed by atoms with Crippen molar-refractivity contribution in [2.24, 2.45) is 0 Å². The summed E-state index contributed by atoms with van der Waals surface area (Å²) < 4.78 is 29.8. The number of rotatable bonds is 2. The molecular weight excluding hydrogens is 152 g/mol. The van der Waals surface area contributed by atoms with Gasteiger partial charge in [0, 0.05) is 25.9 Å². The average molecular weight is 163 g/mol. The third-order valence-corrected chi connectivity index (χ3v) is 2.18. The van der Waals surface area contributed by atoms with Gasteiger partial charge in [-0.15, -0.1) is 0 Å². The van der Waals surface area contributed by atoms with Crippen molar-refractivity contribution in [3.05, 3.63) is 0 Å². The summed E-state index contributed by atoms with van der Waals surface area (Å²) in [5.74, 6) is -2.44. The third kappa shape index (κ3) is 1.51.